The second-order valence-electron chi connectivity index (χ2n) is 7.64. The number of carbonyl (C=O) groups excluding carboxylic acids is 2. The molecule has 3 amide bonds. The zero-order valence-corrected chi connectivity index (χ0v) is 17.6. The average molecular weight is 439 g/mol. The van der Waals surface area contributed by atoms with E-state index in [-0.39, 0.29) is 19.2 Å². The summed E-state index contributed by atoms with van der Waals surface area (Å²) in [6, 6.07) is 12.7. The second-order valence-corrected chi connectivity index (χ2v) is 8.70. The molecule has 9 heteroatoms. The monoisotopic (exact) mass is 438 g/mol. The van der Waals surface area contributed by atoms with Gasteiger partial charge in [-0.1, -0.05) is 12.1 Å². The summed E-state index contributed by atoms with van der Waals surface area (Å²) in [6.45, 7) is 1.97. The number of rotatable bonds is 4. The first-order valence-electron chi connectivity index (χ1n) is 10.2. The number of imide groups is 1. The highest BCUT2D eigenvalue weighted by molar-refractivity contribution is 7.18. The van der Waals surface area contributed by atoms with E-state index < -0.39 is 6.03 Å². The van der Waals surface area contributed by atoms with Gasteiger partial charge in [0.15, 0.2) is 11.5 Å². The molecule has 5 rings (SSSR count). The van der Waals surface area contributed by atoms with Crippen LogP contribution in [0.15, 0.2) is 42.5 Å². The number of nitrogens with zero attached hydrogens (tertiary/aromatic N) is 2. The van der Waals surface area contributed by atoms with Gasteiger partial charge in [-0.05, 0) is 50.2 Å². The number of aromatic nitrogens is 1. The molecule has 0 unspecified atom stereocenters. The average Bonchev–Trinajstić information content (AvgIpc) is 3.40. The van der Waals surface area contributed by atoms with Crippen LogP contribution in [0.4, 0.5) is 10.5 Å². The maximum Gasteiger partial charge on any atom is 0.325 e. The Labute approximate surface area is 183 Å². The summed E-state index contributed by atoms with van der Waals surface area (Å²) < 4.78 is 11.7. The van der Waals surface area contributed by atoms with Gasteiger partial charge >= 0.3 is 6.03 Å². The molecule has 3 aromatic rings. The van der Waals surface area contributed by atoms with Crippen LogP contribution in [0.2, 0.25) is 0 Å². The molecule has 2 aromatic carbocycles. The van der Waals surface area contributed by atoms with E-state index in [4.69, 9.17) is 14.5 Å². The van der Waals surface area contributed by atoms with Crippen LogP contribution in [0.3, 0.4) is 0 Å². The highest BCUT2D eigenvalue weighted by Gasteiger charge is 2.25. The lowest BCUT2D eigenvalue weighted by Crippen LogP contribution is -2.44. The Morgan fingerprint density at radius 2 is 1.90 bits per heavy atom. The van der Waals surface area contributed by atoms with Gasteiger partial charge in [-0.2, -0.15) is 0 Å². The normalized spacial score (nSPS) is 16.4. The predicted octanol–water partition coefficient (Wildman–Crippen LogP) is 3.55. The van der Waals surface area contributed by atoms with Crippen molar-refractivity contribution in [2.75, 3.05) is 31.7 Å². The number of urea groups is 1. The molecule has 2 N–H and O–H groups in total. The highest BCUT2D eigenvalue weighted by atomic mass is 32.1. The maximum atomic E-state index is 12.3. The molecule has 160 valence electrons. The summed E-state index contributed by atoms with van der Waals surface area (Å²) in [5.74, 6) is 1.30. The van der Waals surface area contributed by atoms with Gasteiger partial charge in [0.05, 0.1) is 21.8 Å². The zero-order valence-electron chi connectivity index (χ0n) is 16.8. The molecule has 0 atom stereocenters. The molecule has 1 saturated heterocycles. The van der Waals surface area contributed by atoms with Gasteiger partial charge in [0, 0.05) is 17.7 Å². The van der Waals surface area contributed by atoms with Crippen molar-refractivity contribution in [1.29, 1.82) is 0 Å². The van der Waals surface area contributed by atoms with Crippen molar-refractivity contribution in [2.24, 2.45) is 0 Å². The molecule has 2 aliphatic heterocycles. The number of ether oxygens (including phenoxy) is 2. The fourth-order valence-electron chi connectivity index (χ4n) is 3.91. The van der Waals surface area contributed by atoms with Gasteiger partial charge in [0.25, 0.3) is 0 Å². The standard InChI is InChI=1S/C22H22N4O4S/c27-20(25-22(28)23-15-5-6-17-18(11-15)30-13-29-17)12-26-9-7-14(8-10-26)21-24-16-3-1-2-4-19(16)31-21/h1-6,11,14H,7-10,12-13H2,(H2,23,25,27,28). The van der Waals surface area contributed by atoms with Crippen molar-refractivity contribution in [3.05, 3.63) is 47.5 Å². The van der Waals surface area contributed by atoms with Gasteiger partial charge in [0.1, 0.15) is 0 Å². The van der Waals surface area contributed by atoms with Crippen molar-refractivity contribution in [3.8, 4) is 11.5 Å². The molecule has 31 heavy (non-hydrogen) atoms. The van der Waals surface area contributed by atoms with Gasteiger partial charge < -0.3 is 14.8 Å². The highest BCUT2D eigenvalue weighted by Crippen LogP contribution is 2.35. The summed E-state index contributed by atoms with van der Waals surface area (Å²) in [5.41, 5.74) is 1.59. The molecule has 1 fully saturated rings. The zero-order chi connectivity index (χ0) is 21.2. The Morgan fingerprint density at radius 3 is 2.74 bits per heavy atom. The number of fused-ring (bicyclic) bond motifs is 2. The molecule has 0 spiro atoms. The van der Waals surface area contributed by atoms with Gasteiger partial charge in [0.2, 0.25) is 12.7 Å². The fraction of sp³-hybridized carbons (Fsp3) is 0.318. The van der Waals surface area contributed by atoms with Crippen LogP contribution in [-0.2, 0) is 4.79 Å². The summed E-state index contributed by atoms with van der Waals surface area (Å²) in [6.07, 6.45) is 1.91. The molecule has 1 aromatic heterocycles. The SMILES string of the molecule is O=C(CN1CCC(c2nc3ccccc3s2)CC1)NC(=O)Nc1ccc2c(c1)OCO2. The summed E-state index contributed by atoms with van der Waals surface area (Å²) in [4.78, 5) is 31.3. The van der Waals surface area contributed by atoms with E-state index >= 15 is 0 Å². The molecule has 3 heterocycles. The third-order valence-corrected chi connectivity index (χ3v) is 6.70. The quantitative estimate of drug-likeness (QED) is 0.647. The minimum Gasteiger partial charge on any atom is -0.454 e. The molecule has 0 saturated carbocycles. The van der Waals surface area contributed by atoms with Crippen molar-refractivity contribution in [1.82, 2.24) is 15.2 Å². The molecular weight excluding hydrogens is 416 g/mol. The van der Waals surface area contributed by atoms with E-state index in [2.05, 4.69) is 21.6 Å². The minimum absolute atomic E-state index is 0.166. The number of benzene rings is 2. The molecule has 0 radical (unpaired) electrons. The topological polar surface area (TPSA) is 92.8 Å². The van der Waals surface area contributed by atoms with Crippen LogP contribution in [0, 0.1) is 0 Å². The van der Waals surface area contributed by atoms with Crippen LogP contribution in [-0.4, -0.2) is 48.2 Å². The fourth-order valence-corrected chi connectivity index (χ4v) is 5.05. The van der Waals surface area contributed by atoms with Crippen molar-refractivity contribution < 1.29 is 19.1 Å². The van der Waals surface area contributed by atoms with Crippen LogP contribution in [0.25, 0.3) is 10.2 Å². The van der Waals surface area contributed by atoms with Crippen molar-refractivity contribution in [3.63, 3.8) is 0 Å². The first-order chi connectivity index (χ1) is 15.1. The van der Waals surface area contributed by atoms with Crippen molar-refractivity contribution >= 4 is 39.2 Å². The maximum absolute atomic E-state index is 12.3. The van der Waals surface area contributed by atoms with Gasteiger partial charge in [-0.15, -0.1) is 11.3 Å². The smallest absolute Gasteiger partial charge is 0.325 e. The Balaban J connectivity index is 1.09. The van der Waals surface area contributed by atoms with E-state index in [0.717, 1.165) is 31.4 Å². The second kappa shape index (κ2) is 8.52. The summed E-state index contributed by atoms with van der Waals surface area (Å²) in [7, 11) is 0. The van der Waals surface area contributed by atoms with E-state index in [1.165, 1.54) is 9.71 Å². The van der Waals surface area contributed by atoms with Crippen LogP contribution in [0.5, 0.6) is 11.5 Å². The molecule has 0 aliphatic carbocycles. The van der Waals surface area contributed by atoms with E-state index in [1.807, 2.05) is 18.2 Å². The van der Waals surface area contributed by atoms with Gasteiger partial charge in [-0.3, -0.25) is 15.0 Å². The number of hydrogen-bond acceptors (Lipinski definition) is 7. The predicted molar refractivity (Wildman–Crippen MR) is 118 cm³/mol. The summed E-state index contributed by atoms with van der Waals surface area (Å²) >= 11 is 1.76. The van der Waals surface area contributed by atoms with Crippen molar-refractivity contribution in [2.45, 2.75) is 18.8 Å². The number of nitrogens with one attached hydrogen (secondary N) is 2. The molecular formula is C22H22N4O4S. The van der Waals surface area contributed by atoms with E-state index in [1.54, 1.807) is 29.5 Å². The first-order valence-corrected chi connectivity index (χ1v) is 11.0. The van der Waals surface area contributed by atoms with Crippen LogP contribution in [0.1, 0.15) is 23.8 Å². The Bertz CT molecular complexity index is 1090. The molecule has 0 bridgehead atoms. The lowest BCUT2D eigenvalue weighted by Gasteiger charge is -2.30. The number of likely N-dealkylation sites (tertiary alicyclic amines) is 1. The number of hydrogen-bond donors (Lipinski definition) is 2. The Hall–Kier alpha value is -3.17. The largest absolute Gasteiger partial charge is 0.454 e. The third kappa shape index (κ3) is 4.47. The molecule has 2 aliphatic rings. The summed E-state index contributed by atoms with van der Waals surface area (Å²) in [5, 5.41) is 6.21. The van der Waals surface area contributed by atoms with Crippen LogP contribution >= 0.6 is 11.3 Å². The number of anilines is 1. The number of para-hydroxylation sites is 1. The minimum atomic E-state index is -0.562. The number of thiazole rings is 1. The first kappa shape index (κ1) is 19.8. The Morgan fingerprint density at radius 1 is 1.10 bits per heavy atom. The number of carbonyl (C=O) groups is 2. The molecule has 8 nitrogen and oxygen atoms in total. The lowest BCUT2D eigenvalue weighted by molar-refractivity contribution is -0.121. The van der Waals surface area contributed by atoms with Gasteiger partial charge in [-0.25, -0.2) is 9.78 Å². The lowest BCUT2D eigenvalue weighted by atomic mass is 9.97. The van der Waals surface area contributed by atoms with E-state index in [0.29, 0.717) is 23.1 Å². The number of amides is 3. The Kier molecular flexibility index (Phi) is 5.44. The van der Waals surface area contributed by atoms with E-state index in [9.17, 15) is 9.59 Å². The van der Waals surface area contributed by atoms with Crippen LogP contribution < -0.4 is 20.1 Å². The third-order valence-electron chi connectivity index (χ3n) is 5.50. The number of piperidine rings is 1.